The molecule has 2 aromatic carbocycles. The summed E-state index contributed by atoms with van der Waals surface area (Å²) in [6, 6.07) is 18.3. The molecule has 0 atom stereocenters. The lowest BCUT2D eigenvalue weighted by molar-refractivity contribution is 0.0698. The van der Waals surface area contributed by atoms with Crippen LogP contribution in [0.3, 0.4) is 0 Å². The molecule has 4 heterocycles. The Morgan fingerprint density at radius 1 is 0.943 bits per heavy atom. The molecule has 176 valence electrons. The fraction of sp³-hybridized carbons (Fsp3) is 0.160. The van der Waals surface area contributed by atoms with Gasteiger partial charge in [-0.15, -0.1) is 0 Å². The van der Waals surface area contributed by atoms with Crippen LogP contribution in [0, 0.1) is 0 Å². The Bertz CT molecular complexity index is 1650. The number of carbonyl (C=O) groups is 1. The highest BCUT2D eigenvalue weighted by molar-refractivity contribution is 7.89. The van der Waals surface area contributed by atoms with Crippen molar-refractivity contribution in [1.82, 2.24) is 24.3 Å². The van der Waals surface area contributed by atoms with E-state index in [0.29, 0.717) is 41.0 Å². The van der Waals surface area contributed by atoms with Crippen molar-refractivity contribution in [1.29, 1.82) is 0 Å². The van der Waals surface area contributed by atoms with Crippen LogP contribution >= 0.6 is 0 Å². The van der Waals surface area contributed by atoms with Crippen LogP contribution in [-0.4, -0.2) is 64.8 Å². The summed E-state index contributed by atoms with van der Waals surface area (Å²) in [6.45, 7) is 1.02. The van der Waals surface area contributed by atoms with Crippen molar-refractivity contribution >= 4 is 37.9 Å². The largest absolute Gasteiger partial charge is 0.355 e. The second-order valence-corrected chi connectivity index (χ2v) is 10.3. The molecule has 0 saturated carbocycles. The molecule has 5 aromatic rings. The number of H-pyrrole nitrogens is 1. The topological polar surface area (TPSA) is 112 Å². The van der Waals surface area contributed by atoms with Gasteiger partial charge in [0, 0.05) is 55.1 Å². The molecule has 1 saturated heterocycles. The van der Waals surface area contributed by atoms with E-state index < -0.39 is 10.0 Å². The lowest BCUT2D eigenvalue weighted by Gasteiger charge is -2.34. The van der Waals surface area contributed by atoms with Crippen LogP contribution in [0.1, 0.15) is 10.4 Å². The van der Waals surface area contributed by atoms with Gasteiger partial charge in [0.1, 0.15) is 16.1 Å². The normalized spacial score (nSPS) is 15.1. The van der Waals surface area contributed by atoms with Gasteiger partial charge in [0.2, 0.25) is 10.0 Å². The van der Waals surface area contributed by atoms with E-state index in [0.717, 1.165) is 10.9 Å². The Hall–Kier alpha value is -4.02. The highest BCUT2D eigenvalue weighted by atomic mass is 32.2. The van der Waals surface area contributed by atoms with Gasteiger partial charge in [0.05, 0.1) is 5.39 Å². The number of pyridine rings is 1. The molecule has 0 aliphatic carbocycles. The molecule has 3 aromatic heterocycles. The van der Waals surface area contributed by atoms with E-state index in [-0.39, 0.29) is 23.9 Å². The van der Waals surface area contributed by atoms with Crippen LogP contribution in [0.4, 0.5) is 0 Å². The predicted molar refractivity (Wildman–Crippen MR) is 130 cm³/mol. The number of carbonyl (C=O) groups excluding carboxylic acids is 1. The molecule has 1 N–H and O–H groups in total. The lowest BCUT2D eigenvalue weighted by Crippen LogP contribution is -2.50. The molecule has 0 bridgehead atoms. The number of benzene rings is 2. The van der Waals surface area contributed by atoms with Gasteiger partial charge in [0.15, 0.2) is 5.76 Å². The summed E-state index contributed by atoms with van der Waals surface area (Å²) in [5.74, 6) is 0.458. The minimum atomic E-state index is -3.71. The van der Waals surface area contributed by atoms with Crippen molar-refractivity contribution in [3.8, 4) is 11.3 Å². The lowest BCUT2D eigenvalue weighted by atomic mass is 10.1. The molecule has 1 amide bonds. The fourth-order valence-corrected chi connectivity index (χ4v) is 6.04. The molecular weight excluding hydrogens is 466 g/mol. The summed E-state index contributed by atoms with van der Waals surface area (Å²) in [7, 11) is -3.71. The van der Waals surface area contributed by atoms with E-state index in [9.17, 15) is 13.2 Å². The number of piperazine rings is 1. The van der Waals surface area contributed by atoms with Crippen LogP contribution in [0.25, 0.3) is 33.3 Å². The number of fused-ring (bicyclic) bond motifs is 2. The smallest absolute Gasteiger partial charge is 0.253 e. The van der Waals surface area contributed by atoms with Gasteiger partial charge in [-0.2, -0.15) is 4.31 Å². The number of nitrogens with one attached hydrogen (secondary N) is 1. The average molecular weight is 488 g/mol. The molecule has 6 rings (SSSR count). The van der Waals surface area contributed by atoms with E-state index >= 15 is 0 Å². The Kier molecular flexibility index (Phi) is 5.12. The van der Waals surface area contributed by atoms with Gasteiger partial charge in [0.25, 0.3) is 5.91 Å². The number of rotatable bonds is 4. The molecule has 10 heteroatoms. The Morgan fingerprint density at radius 3 is 2.54 bits per heavy atom. The van der Waals surface area contributed by atoms with E-state index in [1.807, 2.05) is 30.3 Å². The van der Waals surface area contributed by atoms with Crippen molar-refractivity contribution in [2.24, 2.45) is 0 Å². The maximum absolute atomic E-state index is 13.3. The number of sulfonamides is 1. The van der Waals surface area contributed by atoms with Gasteiger partial charge < -0.3 is 14.4 Å². The van der Waals surface area contributed by atoms with E-state index in [4.69, 9.17) is 4.52 Å². The molecular formula is C25H21N5O4S. The number of nitrogens with zero attached hydrogens (tertiary/aromatic N) is 4. The zero-order valence-corrected chi connectivity index (χ0v) is 19.4. The summed E-state index contributed by atoms with van der Waals surface area (Å²) < 4.78 is 33.5. The van der Waals surface area contributed by atoms with Gasteiger partial charge in [-0.05, 0) is 30.3 Å². The zero-order valence-electron chi connectivity index (χ0n) is 18.6. The highest BCUT2D eigenvalue weighted by Crippen LogP contribution is 2.30. The summed E-state index contributed by atoms with van der Waals surface area (Å²) in [5, 5.41) is 5.43. The minimum Gasteiger partial charge on any atom is -0.355 e. The molecule has 1 fully saturated rings. The molecule has 0 radical (unpaired) electrons. The average Bonchev–Trinajstić information content (AvgIpc) is 3.53. The first-order valence-electron chi connectivity index (χ1n) is 11.2. The second kappa shape index (κ2) is 8.33. The number of amides is 1. The Labute approximate surface area is 201 Å². The van der Waals surface area contributed by atoms with Crippen molar-refractivity contribution < 1.29 is 17.7 Å². The van der Waals surface area contributed by atoms with Crippen LogP contribution in [0.5, 0.6) is 0 Å². The van der Waals surface area contributed by atoms with E-state index in [2.05, 4.69) is 15.1 Å². The first-order chi connectivity index (χ1) is 17.0. The van der Waals surface area contributed by atoms with Gasteiger partial charge in [-0.25, -0.2) is 13.4 Å². The molecule has 0 spiro atoms. The summed E-state index contributed by atoms with van der Waals surface area (Å²) in [6.07, 6.45) is 3.09. The SMILES string of the molecule is O=C(c1ccc2noc(-c3ccccc3)c2c1)N1CCN(S(=O)(=O)c2c[nH]c3ncccc23)CC1. The van der Waals surface area contributed by atoms with Gasteiger partial charge >= 0.3 is 0 Å². The molecule has 9 nitrogen and oxygen atoms in total. The predicted octanol–water partition coefficient (Wildman–Crippen LogP) is 3.52. The Morgan fingerprint density at radius 2 is 1.74 bits per heavy atom. The standard InChI is InChI=1S/C25H21N5O4S/c31-25(18-8-9-21-20(15-18)23(34-28-21)17-5-2-1-3-6-17)29-11-13-30(14-12-29)35(32,33)22-16-27-24-19(22)7-4-10-26-24/h1-10,15-16H,11-14H2,(H,26,27). The van der Waals surface area contributed by atoms with Crippen molar-refractivity contribution in [2.75, 3.05) is 26.2 Å². The summed E-state index contributed by atoms with van der Waals surface area (Å²) in [4.78, 5) is 22.2. The first-order valence-corrected chi connectivity index (χ1v) is 12.6. The quantitative estimate of drug-likeness (QED) is 0.415. The van der Waals surface area contributed by atoms with Crippen LogP contribution < -0.4 is 0 Å². The fourth-order valence-electron chi connectivity index (χ4n) is 4.47. The summed E-state index contributed by atoms with van der Waals surface area (Å²) in [5.41, 5.74) is 2.59. The van der Waals surface area contributed by atoms with Gasteiger partial charge in [-0.3, -0.25) is 4.79 Å². The third-order valence-corrected chi connectivity index (χ3v) is 8.25. The van der Waals surface area contributed by atoms with E-state index in [1.54, 1.807) is 41.4 Å². The van der Waals surface area contributed by atoms with Crippen molar-refractivity contribution in [3.05, 3.63) is 78.6 Å². The third-order valence-electron chi connectivity index (χ3n) is 6.32. The monoisotopic (exact) mass is 487 g/mol. The minimum absolute atomic E-state index is 0.152. The molecule has 1 aliphatic rings. The molecule has 35 heavy (non-hydrogen) atoms. The first kappa shape index (κ1) is 21.5. The van der Waals surface area contributed by atoms with E-state index in [1.165, 1.54) is 10.5 Å². The van der Waals surface area contributed by atoms with Crippen LogP contribution in [0.2, 0.25) is 0 Å². The number of hydrogen-bond donors (Lipinski definition) is 1. The Balaban J connectivity index is 1.21. The van der Waals surface area contributed by atoms with Gasteiger partial charge in [-0.1, -0.05) is 35.5 Å². The van der Waals surface area contributed by atoms with Crippen molar-refractivity contribution in [3.63, 3.8) is 0 Å². The molecule has 0 unspecified atom stereocenters. The van der Waals surface area contributed by atoms with Crippen molar-refractivity contribution in [2.45, 2.75) is 4.90 Å². The van der Waals surface area contributed by atoms with Crippen LogP contribution in [0.15, 0.2) is 82.5 Å². The summed E-state index contributed by atoms with van der Waals surface area (Å²) >= 11 is 0. The zero-order chi connectivity index (χ0) is 24.0. The third kappa shape index (κ3) is 3.67. The van der Waals surface area contributed by atoms with Crippen LogP contribution in [-0.2, 0) is 10.0 Å². The maximum atomic E-state index is 13.3. The second-order valence-electron chi connectivity index (χ2n) is 8.36. The number of aromatic amines is 1. The number of aromatic nitrogens is 3. The number of hydrogen-bond acceptors (Lipinski definition) is 6. The molecule has 1 aliphatic heterocycles. The maximum Gasteiger partial charge on any atom is 0.253 e. The highest BCUT2D eigenvalue weighted by Gasteiger charge is 2.32.